The standard InChI is InChI=1S/C30H30Cl2N4O6/c1-4-42-29(39)26-22(34-17(2)24(28(38)40-3)25(26)19-11-8-12-20(31)27(19)32)16-41-14-13-33-30-35-21(15-23(37)36-30)18-9-6-5-7-10-18/h5-12,15,25,34H,4,13-14,16H2,1-3H3,(H2,33,35,36,37). The second-order valence-electron chi connectivity index (χ2n) is 9.17. The molecule has 1 unspecified atom stereocenters. The van der Waals surface area contributed by atoms with Crippen molar-refractivity contribution < 1.29 is 23.8 Å². The molecule has 1 aromatic heterocycles. The number of hydrogen-bond acceptors (Lipinski definition) is 9. The number of carbonyl (C=O) groups is 2. The number of benzene rings is 2. The first-order valence-corrected chi connectivity index (χ1v) is 13.9. The van der Waals surface area contributed by atoms with Gasteiger partial charge < -0.3 is 24.8 Å². The molecule has 1 aliphatic heterocycles. The Labute approximate surface area is 252 Å². The average molecular weight is 613 g/mol. The number of nitrogens with zero attached hydrogens (tertiary/aromatic N) is 1. The number of nitrogens with one attached hydrogen (secondary N) is 3. The number of rotatable bonds is 11. The van der Waals surface area contributed by atoms with Crippen molar-refractivity contribution in [1.29, 1.82) is 0 Å². The van der Waals surface area contributed by atoms with Gasteiger partial charge in [0.1, 0.15) is 0 Å². The van der Waals surface area contributed by atoms with Crippen molar-refractivity contribution in [2.75, 3.05) is 38.8 Å². The second-order valence-corrected chi connectivity index (χ2v) is 9.95. The summed E-state index contributed by atoms with van der Waals surface area (Å²) in [4.78, 5) is 45.6. The second kappa shape index (κ2) is 14.2. The van der Waals surface area contributed by atoms with E-state index in [4.69, 9.17) is 37.4 Å². The molecule has 1 atom stereocenters. The van der Waals surface area contributed by atoms with Crippen molar-refractivity contribution in [3.8, 4) is 11.3 Å². The summed E-state index contributed by atoms with van der Waals surface area (Å²) in [7, 11) is 1.26. The van der Waals surface area contributed by atoms with Gasteiger partial charge in [0.05, 0.1) is 65.4 Å². The van der Waals surface area contributed by atoms with E-state index in [9.17, 15) is 14.4 Å². The highest BCUT2D eigenvalue weighted by molar-refractivity contribution is 6.42. The molecule has 12 heteroatoms. The Morgan fingerprint density at radius 3 is 2.52 bits per heavy atom. The predicted molar refractivity (Wildman–Crippen MR) is 160 cm³/mol. The molecule has 3 aromatic rings. The number of ether oxygens (including phenoxy) is 3. The summed E-state index contributed by atoms with van der Waals surface area (Å²) in [5, 5.41) is 6.64. The van der Waals surface area contributed by atoms with Crippen LogP contribution in [0.4, 0.5) is 5.95 Å². The van der Waals surface area contributed by atoms with Gasteiger partial charge in [-0.05, 0) is 25.5 Å². The van der Waals surface area contributed by atoms with Crippen LogP contribution in [-0.2, 0) is 23.8 Å². The summed E-state index contributed by atoms with van der Waals surface area (Å²) < 4.78 is 16.3. The molecule has 0 aliphatic carbocycles. The third-order valence-corrected chi connectivity index (χ3v) is 7.27. The Morgan fingerprint density at radius 1 is 1.05 bits per heavy atom. The highest BCUT2D eigenvalue weighted by atomic mass is 35.5. The molecule has 1 aliphatic rings. The molecule has 0 bridgehead atoms. The summed E-state index contributed by atoms with van der Waals surface area (Å²) in [6.45, 7) is 3.96. The fourth-order valence-corrected chi connectivity index (χ4v) is 5.03. The smallest absolute Gasteiger partial charge is 0.336 e. The Balaban J connectivity index is 1.56. The number of dihydropyridines is 1. The van der Waals surface area contributed by atoms with E-state index in [1.807, 2.05) is 30.3 Å². The molecule has 2 aromatic carbocycles. The molecule has 42 heavy (non-hydrogen) atoms. The van der Waals surface area contributed by atoms with E-state index in [0.717, 1.165) is 5.56 Å². The van der Waals surface area contributed by atoms with E-state index in [1.54, 1.807) is 32.0 Å². The van der Waals surface area contributed by atoms with Crippen LogP contribution in [-0.4, -0.2) is 55.4 Å². The van der Waals surface area contributed by atoms with Gasteiger partial charge in [-0.15, -0.1) is 0 Å². The number of methoxy groups -OCH3 is 1. The van der Waals surface area contributed by atoms with Crippen LogP contribution in [0.3, 0.4) is 0 Å². The topological polar surface area (TPSA) is 132 Å². The van der Waals surface area contributed by atoms with E-state index in [2.05, 4.69) is 20.6 Å². The van der Waals surface area contributed by atoms with Crippen LogP contribution >= 0.6 is 23.2 Å². The van der Waals surface area contributed by atoms with Gasteiger partial charge in [0.15, 0.2) is 0 Å². The van der Waals surface area contributed by atoms with E-state index in [-0.39, 0.29) is 46.6 Å². The monoisotopic (exact) mass is 612 g/mol. The molecule has 220 valence electrons. The summed E-state index contributed by atoms with van der Waals surface area (Å²) in [6.07, 6.45) is 0. The molecule has 10 nitrogen and oxygen atoms in total. The van der Waals surface area contributed by atoms with Crippen LogP contribution in [0.2, 0.25) is 10.0 Å². The molecule has 4 rings (SSSR count). The number of esters is 2. The average Bonchev–Trinajstić information content (AvgIpc) is 2.98. The van der Waals surface area contributed by atoms with E-state index < -0.39 is 17.9 Å². The van der Waals surface area contributed by atoms with Crippen molar-refractivity contribution >= 4 is 41.1 Å². The highest BCUT2D eigenvalue weighted by Crippen LogP contribution is 2.43. The first kappa shape index (κ1) is 30.8. The molecule has 3 N–H and O–H groups in total. The quantitative estimate of drug-likeness (QED) is 0.206. The van der Waals surface area contributed by atoms with Crippen molar-refractivity contribution in [2.24, 2.45) is 0 Å². The molecule has 0 spiro atoms. The van der Waals surface area contributed by atoms with Gasteiger partial charge in [-0.3, -0.25) is 9.78 Å². The van der Waals surface area contributed by atoms with Crippen LogP contribution in [0, 0.1) is 0 Å². The third-order valence-electron chi connectivity index (χ3n) is 6.43. The van der Waals surface area contributed by atoms with Crippen molar-refractivity contribution in [3.05, 3.63) is 103 Å². The van der Waals surface area contributed by atoms with Crippen molar-refractivity contribution in [3.63, 3.8) is 0 Å². The van der Waals surface area contributed by atoms with Crippen molar-refractivity contribution in [2.45, 2.75) is 19.8 Å². The maximum Gasteiger partial charge on any atom is 0.336 e. The Hall–Kier alpha value is -4.12. The summed E-state index contributed by atoms with van der Waals surface area (Å²) in [5.41, 5.74) is 2.72. The fourth-order valence-electron chi connectivity index (χ4n) is 4.61. The molecule has 0 fully saturated rings. The lowest BCUT2D eigenvalue weighted by molar-refractivity contribution is -0.139. The van der Waals surface area contributed by atoms with Crippen LogP contribution in [0.5, 0.6) is 0 Å². The lowest BCUT2D eigenvalue weighted by atomic mass is 9.80. The Bertz CT molecular complexity index is 1590. The van der Waals surface area contributed by atoms with Crippen LogP contribution in [0.1, 0.15) is 25.3 Å². The largest absolute Gasteiger partial charge is 0.466 e. The number of halogens is 2. The first-order valence-electron chi connectivity index (χ1n) is 13.1. The van der Waals surface area contributed by atoms with Gasteiger partial charge in [-0.1, -0.05) is 65.7 Å². The normalized spacial score (nSPS) is 14.8. The lowest BCUT2D eigenvalue weighted by Gasteiger charge is -2.31. The Morgan fingerprint density at radius 2 is 1.81 bits per heavy atom. The van der Waals surface area contributed by atoms with Gasteiger partial charge in [0.2, 0.25) is 5.95 Å². The third kappa shape index (κ3) is 7.02. The zero-order chi connectivity index (χ0) is 30.2. The number of H-pyrrole nitrogens is 1. The summed E-state index contributed by atoms with van der Waals surface area (Å²) in [5.74, 6) is -1.90. The van der Waals surface area contributed by atoms with Gasteiger partial charge in [-0.25, -0.2) is 14.6 Å². The fraction of sp³-hybridized carbons (Fsp3) is 0.267. The van der Waals surface area contributed by atoms with Crippen LogP contribution in [0.15, 0.2) is 81.9 Å². The lowest BCUT2D eigenvalue weighted by Crippen LogP contribution is -2.35. The molecule has 0 saturated heterocycles. The number of aromatic nitrogens is 2. The molecular formula is C30H30Cl2N4O6. The molecule has 0 amide bonds. The minimum absolute atomic E-state index is 0.0235. The predicted octanol–water partition coefficient (Wildman–Crippen LogP) is 4.82. The van der Waals surface area contributed by atoms with E-state index >= 15 is 0 Å². The molecular weight excluding hydrogens is 583 g/mol. The van der Waals surface area contributed by atoms with E-state index in [0.29, 0.717) is 35.1 Å². The number of anilines is 1. The van der Waals surface area contributed by atoms with Gasteiger partial charge >= 0.3 is 11.9 Å². The first-order chi connectivity index (χ1) is 20.2. The van der Waals surface area contributed by atoms with E-state index in [1.165, 1.54) is 13.2 Å². The molecule has 0 radical (unpaired) electrons. The molecule has 2 heterocycles. The van der Waals surface area contributed by atoms with Gasteiger partial charge in [0, 0.05) is 23.9 Å². The highest BCUT2D eigenvalue weighted by Gasteiger charge is 2.40. The number of carbonyl (C=O) groups excluding carboxylic acids is 2. The number of aromatic amines is 1. The van der Waals surface area contributed by atoms with Gasteiger partial charge in [0.25, 0.3) is 5.56 Å². The number of allylic oxidation sites excluding steroid dienone is 1. The SMILES string of the molecule is CCOC(=O)C1=C(COCCNc2nc(-c3ccccc3)cc(=O)[nH]2)NC(C)=C(C(=O)OC)C1c1cccc(Cl)c1Cl. The van der Waals surface area contributed by atoms with Crippen LogP contribution in [0.25, 0.3) is 11.3 Å². The minimum atomic E-state index is -0.921. The zero-order valence-corrected chi connectivity index (χ0v) is 24.8. The summed E-state index contributed by atoms with van der Waals surface area (Å²) >= 11 is 12.9. The van der Waals surface area contributed by atoms with Crippen molar-refractivity contribution in [1.82, 2.24) is 15.3 Å². The number of hydrogen-bond donors (Lipinski definition) is 3. The van der Waals surface area contributed by atoms with Crippen LogP contribution < -0.4 is 16.2 Å². The van der Waals surface area contributed by atoms with Gasteiger partial charge in [-0.2, -0.15) is 0 Å². The zero-order valence-electron chi connectivity index (χ0n) is 23.3. The molecule has 0 saturated carbocycles. The maximum absolute atomic E-state index is 13.3. The minimum Gasteiger partial charge on any atom is -0.466 e. The maximum atomic E-state index is 13.3. The Kier molecular flexibility index (Phi) is 10.4. The summed E-state index contributed by atoms with van der Waals surface area (Å²) in [6, 6.07) is 15.8.